The zero-order valence-corrected chi connectivity index (χ0v) is 24.7. The van der Waals surface area contributed by atoms with E-state index in [1.54, 1.807) is 12.1 Å². The molecule has 0 saturated carbocycles. The van der Waals surface area contributed by atoms with Crippen LogP contribution in [0.4, 0.5) is 0 Å². The van der Waals surface area contributed by atoms with Crippen molar-refractivity contribution in [3.63, 3.8) is 0 Å². The highest BCUT2D eigenvalue weighted by atomic mass is 16.3. The van der Waals surface area contributed by atoms with Crippen LogP contribution in [0, 0.1) is 0 Å². The molecule has 0 N–H and O–H groups in total. The number of furan rings is 1. The maximum Gasteiger partial charge on any atom is 0.143 e. The van der Waals surface area contributed by atoms with Gasteiger partial charge in [-0.1, -0.05) is 151 Å². The highest BCUT2D eigenvalue weighted by molar-refractivity contribution is 6.22. The second kappa shape index (κ2) is 10.2. The highest BCUT2D eigenvalue weighted by Crippen LogP contribution is 2.45. The molecule has 0 bridgehead atoms. The van der Waals surface area contributed by atoms with E-state index in [4.69, 9.17) is 16.8 Å². The molecule has 0 aliphatic rings. The normalized spacial score (nSPS) is 15.1. The zero-order valence-electron chi connectivity index (χ0n) is 35.7. The van der Waals surface area contributed by atoms with Gasteiger partial charge in [0, 0.05) is 16.3 Å². The van der Waals surface area contributed by atoms with Gasteiger partial charge in [0.2, 0.25) is 0 Å². The Kier molecular flexibility index (Phi) is 3.79. The van der Waals surface area contributed by atoms with E-state index < -0.39 is 24.2 Å². The van der Waals surface area contributed by atoms with Crippen LogP contribution in [0.3, 0.4) is 0 Å². The predicted molar refractivity (Wildman–Crippen MR) is 200 cm³/mol. The third kappa shape index (κ3) is 4.03. The molecule has 0 atom stereocenters. The Morgan fingerprint density at radius 1 is 0.404 bits per heavy atom. The third-order valence-corrected chi connectivity index (χ3v) is 9.01. The van der Waals surface area contributed by atoms with Gasteiger partial charge in [0.15, 0.2) is 0 Å². The summed E-state index contributed by atoms with van der Waals surface area (Å²) >= 11 is 0. The Balaban J connectivity index is 1.17. The van der Waals surface area contributed by atoms with Gasteiger partial charge in [-0.25, -0.2) is 0 Å². The second-order valence-corrected chi connectivity index (χ2v) is 11.6. The quantitative estimate of drug-likeness (QED) is 0.182. The maximum atomic E-state index is 9.37. The molecule has 1 nitrogen and oxygen atoms in total. The molecule has 10 aromatic rings. The average molecular weight is 608 g/mol. The maximum absolute atomic E-state index is 9.37. The van der Waals surface area contributed by atoms with Gasteiger partial charge < -0.3 is 4.42 Å². The smallest absolute Gasteiger partial charge is 0.143 e. The Morgan fingerprint density at radius 2 is 0.957 bits per heavy atom. The van der Waals surface area contributed by atoms with E-state index in [1.165, 1.54) is 0 Å². The van der Waals surface area contributed by atoms with Gasteiger partial charge in [-0.2, -0.15) is 0 Å². The van der Waals surface area contributed by atoms with E-state index >= 15 is 0 Å². The fraction of sp³-hybridized carbons (Fsp3) is 0. The van der Waals surface area contributed by atoms with Gasteiger partial charge in [0.1, 0.15) is 11.2 Å². The number of fused-ring (bicyclic) bond motifs is 7. The lowest BCUT2D eigenvalue weighted by molar-refractivity contribution is 0.670. The van der Waals surface area contributed by atoms with Gasteiger partial charge >= 0.3 is 0 Å². The van der Waals surface area contributed by atoms with E-state index in [1.807, 2.05) is 91.0 Å². The first-order chi connectivity index (χ1) is 27.9. The van der Waals surface area contributed by atoms with Crippen LogP contribution in [0.25, 0.3) is 98.4 Å². The molecule has 0 aliphatic heterocycles. The second-order valence-electron chi connectivity index (χ2n) is 11.6. The standard InChI is InChI=1S/C46H28O/c1-2-11-32-26-35(25-20-29(32)10-1)45-39-16-7-5-14-37(39)44(38-15-6-8-17-40(38)45)31-23-21-30(22-24-31)36-18-9-19-41-42-27-33-12-3-4-13-34(33)28-43(42)47-46(36)41/h1-28H/i1D,2D,3D,4D,10D,11D,12D,13D,20D,25D,26D. The van der Waals surface area contributed by atoms with E-state index in [2.05, 4.69) is 0 Å². The molecule has 9 aromatic carbocycles. The first kappa shape index (κ1) is 17.5. The zero-order chi connectivity index (χ0) is 40.5. The van der Waals surface area contributed by atoms with Crippen molar-refractivity contribution < 1.29 is 19.5 Å². The molecule has 0 aliphatic carbocycles. The summed E-state index contributed by atoms with van der Waals surface area (Å²) in [6.07, 6.45) is 0. The fourth-order valence-electron chi connectivity index (χ4n) is 6.91. The lowest BCUT2D eigenvalue weighted by atomic mass is 9.85. The molecule has 1 heterocycles. The minimum Gasteiger partial charge on any atom is -0.455 e. The summed E-state index contributed by atoms with van der Waals surface area (Å²) in [7, 11) is 0. The SMILES string of the molecule is [2H]c1c([2H])c([2H])c2cc3c(cc2c1[2H])oc1c(-c2ccc(-c4c5ccccc5c(-c5c([2H])c([2H])c6c([2H])c([2H])c([2H])c([2H])c6c5[2H])c5ccccc45)cc2)cccc13. The molecule has 0 radical (unpaired) electrons. The minimum atomic E-state index is -0.508. The van der Waals surface area contributed by atoms with Gasteiger partial charge in [-0.15, -0.1) is 0 Å². The average Bonchev–Trinajstić information content (AvgIpc) is 3.62. The molecule has 47 heavy (non-hydrogen) atoms. The van der Waals surface area contributed by atoms with Gasteiger partial charge in [-0.3, -0.25) is 0 Å². The van der Waals surface area contributed by atoms with Gasteiger partial charge in [0.25, 0.3) is 0 Å². The summed E-state index contributed by atoms with van der Waals surface area (Å²) in [5, 5.41) is 5.28. The van der Waals surface area contributed by atoms with Crippen molar-refractivity contribution in [1.29, 1.82) is 0 Å². The molecule has 0 saturated heterocycles. The van der Waals surface area contributed by atoms with Crippen molar-refractivity contribution in [1.82, 2.24) is 0 Å². The van der Waals surface area contributed by atoms with Crippen LogP contribution in [0.5, 0.6) is 0 Å². The van der Waals surface area contributed by atoms with Gasteiger partial charge in [-0.05, 0) is 89.1 Å². The summed E-state index contributed by atoms with van der Waals surface area (Å²) in [5.41, 5.74) is 5.35. The van der Waals surface area contributed by atoms with Crippen molar-refractivity contribution in [3.8, 4) is 33.4 Å². The third-order valence-electron chi connectivity index (χ3n) is 9.01. The van der Waals surface area contributed by atoms with Crippen LogP contribution >= 0.6 is 0 Å². The van der Waals surface area contributed by atoms with Crippen molar-refractivity contribution in [3.05, 3.63) is 170 Å². The predicted octanol–water partition coefficient (Wildman–Crippen LogP) is 13.2. The van der Waals surface area contributed by atoms with Crippen molar-refractivity contribution in [2.75, 3.05) is 0 Å². The summed E-state index contributed by atoms with van der Waals surface area (Å²) < 4.78 is 101. The molecule has 0 spiro atoms. The molecule has 0 fully saturated rings. The molecule has 1 aromatic heterocycles. The molecular formula is C46H28O. The Bertz CT molecular complexity index is 3410. The monoisotopic (exact) mass is 607 g/mol. The molecule has 1 heteroatoms. The van der Waals surface area contributed by atoms with E-state index in [9.17, 15) is 2.74 Å². The van der Waals surface area contributed by atoms with E-state index in [0.29, 0.717) is 27.5 Å². The lowest BCUT2D eigenvalue weighted by Crippen LogP contribution is -1.91. The fourth-order valence-corrected chi connectivity index (χ4v) is 6.91. The minimum absolute atomic E-state index is 0.0890. The van der Waals surface area contributed by atoms with Crippen LogP contribution in [0.1, 0.15) is 15.1 Å². The Hall–Kier alpha value is -6.18. The summed E-state index contributed by atoms with van der Waals surface area (Å²) in [5.74, 6) is 0. The number of benzene rings is 9. The molecule has 0 unspecified atom stereocenters. The van der Waals surface area contributed by atoms with E-state index in [0.717, 1.165) is 54.6 Å². The van der Waals surface area contributed by atoms with Crippen molar-refractivity contribution in [2.24, 2.45) is 0 Å². The first-order valence-electron chi connectivity index (χ1n) is 20.8. The number of hydrogen-bond donors (Lipinski definition) is 0. The summed E-state index contributed by atoms with van der Waals surface area (Å²) in [6, 6.07) is 29.3. The van der Waals surface area contributed by atoms with Crippen LogP contribution in [0.15, 0.2) is 174 Å². The van der Waals surface area contributed by atoms with Crippen molar-refractivity contribution in [2.45, 2.75) is 0 Å². The van der Waals surface area contributed by atoms with E-state index in [-0.39, 0.29) is 58.6 Å². The molecule has 10 rings (SSSR count). The molecular weight excluding hydrogens is 569 g/mol. The lowest BCUT2D eigenvalue weighted by Gasteiger charge is -2.18. The van der Waals surface area contributed by atoms with Crippen LogP contribution in [-0.4, -0.2) is 0 Å². The molecule has 0 amide bonds. The summed E-state index contributed by atoms with van der Waals surface area (Å²) in [4.78, 5) is 0. The summed E-state index contributed by atoms with van der Waals surface area (Å²) in [6.45, 7) is 0. The largest absolute Gasteiger partial charge is 0.455 e. The van der Waals surface area contributed by atoms with Gasteiger partial charge in [0.05, 0.1) is 15.1 Å². The Labute approximate surface area is 287 Å². The molecule has 218 valence electrons. The topological polar surface area (TPSA) is 13.1 Å². The number of para-hydroxylation sites is 1. The van der Waals surface area contributed by atoms with Crippen LogP contribution < -0.4 is 0 Å². The van der Waals surface area contributed by atoms with Crippen molar-refractivity contribution >= 4 is 65.0 Å². The highest BCUT2D eigenvalue weighted by Gasteiger charge is 2.18. The van der Waals surface area contributed by atoms with Crippen LogP contribution in [0.2, 0.25) is 0 Å². The Morgan fingerprint density at radius 3 is 1.64 bits per heavy atom. The number of hydrogen-bond acceptors (Lipinski definition) is 1. The first-order valence-corrected chi connectivity index (χ1v) is 15.3. The van der Waals surface area contributed by atoms with Crippen LogP contribution in [-0.2, 0) is 0 Å². The number of rotatable bonds is 3.